The standard InChI is InChI=1S/C17H16O4S/c1-2-11-21-13-6-3-12(4-7-13)5-8-14(18)15-9-10-16(22-15)17(19)20/h3-10H,2,11H2,1H3,(H,19,20)/p-1/b8-5+. The number of carbonyl (C=O) groups is 2. The molecule has 114 valence electrons. The van der Waals surface area contributed by atoms with Crippen molar-refractivity contribution >= 4 is 29.2 Å². The van der Waals surface area contributed by atoms with Crippen LogP contribution in [0.1, 0.15) is 38.3 Å². The molecule has 0 unspecified atom stereocenters. The molecule has 0 aliphatic heterocycles. The fourth-order valence-corrected chi connectivity index (χ4v) is 2.49. The van der Waals surface area contributed by atoms with Crippen LogP contribution in [0, 0.1) is 0 Å². The van der Waals surface area contributed by atoms with Gasteiger partial charge in [0.25, 0.3) is 0 Å². The van der Waals surface area contributed by atoms with E-state index in [1.54, 1.807) is 6.08 Å². The zero-order chi connectivity index (χ0) is 15.9. The second kappa shape index (κ2) is 7.56. The van der Waals surface area contributed by atoms with Crippen molar-refractivity contribution in [1.82, 2.24) is 0 Å². The number of aromatic carboxylic acids is 1. The van der Waals surface area contributed by atoms with Gasteiger partial charge < -0.3 is 14.6 Å². The van der Waals surface area contributed by atoms with Crippen LogP contribution in [0.3, 0.4) is 0 Å². The molecule has 0 radical (unpaired) electrons. The lowest BCUT2D eigenvalue weighted by atomic mass is 10.2. The molecule has 0 atom stereocenters. The molecule has 22 heavy (non-hydrogen) atoms. The molecule has 0 spiro atoms. The number of hydrogen-bond donors (Lipinski definition) is 0. The molecule has 1 aromatic heterocycles. The van der Waals surface area contributed by atoms with Gasteiger partial charge in [-0.1, -0.05) is 25.1 Å². The highest BCUT2D eigenvalue weighted by atomic mass is 32.1. The number of benzene rings is 1. The van der Waals surface area contributed by atoms with Gasteiger partial charge in [-0.15, -0.1) is 11.3 Å². The Morgan fingerprint density at radius 1 is 1.14 bits per heavy atom. The summed E-state index contributed by atoms with van der Waals surface area (Å²) in [5.41, 5.74) is 0.869. The van der Waals surface area contributed by atoms with Gasteiger partial charge in [0, 0.05) is 0 Å². The summed E-state index contributed by atoms with van der Waals surface area (Å²) in [5, 5.41) is 10.7. The number of rotatable bonds is 7. The Balaban J connectivity index is 2.00. The van der Waals surface area contributed by atoms with Crippen LogP contribution in [-0.2, 0) is 0 Å². The molecular weight excluding hydrogens is 300 g/mol. The van der Waals surface area contributed by atoms with Crippen LogP contribution < -0.4 is 9.84 Å². The first-order valence-electron chi connectivity index (χ1n) is 6.86. The van der Waals surface area contributed by atoms with Gasteiger partial charge in [0.15, 0.2) is 5.78 Å². The molecule has 1 aromatic carbocycles. The highest BCUT2D eigenvalue weighted by Crippen LogP contribution is 2.18. The molecule has 1 heterocycles. The fourth-order valence-electron chi connectivity index (χ4n) is 1.73. The predicted molar refractivity (Wildman–Crippen MR) is 84.2 cm³/mol. The summed E-state index contributed by atoms with van der Waals surface area (Å²) in [4.78, 5) is 23.1. The maximum atomic E-state index is 11.9. The fraction of sp³-hybridized carbons (Fsp3) is 0.176. The molecule has 0 amide bonds. The molecule has 0 aliphatic rings. The predicted octanol–water partition coefficient (Wildman–Crippen LogP) is 2.80. The molecule has 5 heteroatoms. The molecule has 2 aromatic rings. The van der Waals surface area contributed by atoms with E-state index in [1.807, 2.05) is 31.2 Å². The first kappa shape index (κ1) is 16.0. The maximum Gasteiger partial charge on any atom is 0.195 e. The Kier molecular flexibility index (Phi) is 5.49. The van der Waals surface area contributed by atoms with Crippen molar-refractivity contribution in [3.05, 3.63) is 57.8 Å². The van der Waals surface area contributed by atoms with Crippen molar-refractivity contribution in [1.29, 1.82) is 0 Å². The highest BCUT2D eigenvalue weighted by molar-refractivity contribution is 7.16. The number of hydrogen-bond acceptors (Lipinski definition) is 5. The SMILES string of the molecule is CCCOc1ccc(/C=C/C(=O)c2ccc(C(=O)[O-])s2)cc1. The van der Waals surface area contributed by atoms with E-state index < -0.39 is 5.97 Å². The average molecular weight is 315 g/mol. The summed E-state index contributed by atoms with van der Waals surface area (Å²) in [6, 6.07) is 10.3. The van der Waals surface area contributed by atoms with Crippen molar-refractivity contribution < 1.29 is 19.4 Å². The number of ketones is 1. The van der Waals surface area contributed by atoms with Crippen LogP contribution in [0.5, 0.6) is 5.75 Å². The minimum atomic E-state index is -1.27. The summed E-state index contributed by atoms with van der Waals surface area (Å²) in [5.74, 6) is -0.707. The van der Waals surface area contributed by atoms with Gasteiger partial charge in [-0.2, -0.15) is 0 Å². The molecule has 0 N–H and O–H groups in total. The summed E-state index contributed by atoms with van der Waals surface area (Å²) < 4.78 is 5.48. The van der Waals surface area contributed by atoms with Gasteiger partial charge in [-0.3, -0.25) is 4.79 Å². The highest BCUT2D eigenvalue weighted by Gasteiger charge is 2.06. The molecule has 4 nitrogen and oxygen atoms in total. The van der Waals surface area contributed by atoms with Crippen LogP contribution >= 0.6 is 11.3 Å². The average Bonchev–Trinajstić information content (AvgIpc) is 3.02. The summed E-state index contributed by atoms with van der Waals surface area (Å²) >= 11 is 0.913. The number of carbonyl (C=O) groups excluding carboxylic acids is 2. The van der Waals surface area contributed by atoms with Crippen LogP contribution in [0.4, 0.5) is 0 Å². The third-order valence-electron chi connectivity index (χ3n) is 2.83. The lowest BCUT2D eigenvalue weighted by Gasteiger charge is -2.03. The number of ether oxygens (including phenoxy) is 1. The smallest absolute Gasteiger partial charge is 0.195 e. The Morgan fingerprint density at radius 2 is 1.82 bits per heavy atom. The van der Waals surface area contributed by atoms with Crippen molar-refractivity contribution in [2.75, 3.05) is 6.61 Å². The van der Waals surface area contributed by atoms with Crippen molar-refractivity contribution in [3.63, 3.8) is 0 Å². The number of carboxylic acids is 1. The lowest BCUT2D eigenvalue weighted by Crippen LogP contribution is -2.20. The molecular formula is C17H15O4S-. The zero-order valence-electron chi connectivity index (χ0n) is 12.1. The van der Waals surface area contributed by atoms with E-state index in [4.69, 9.17) is 4.74 Å². The second-order valence-corrected chi connectivity index (χ2v) is 5.65. The van der Waals surface area contributed by atoms with Gasteiger partial charge in [0.1, 0.15) is 5.75 Å². The molecule has 0 saturated heterocycles. The van der Waals surface area contributed by atoms with Crippen molar-refractivity contribution in [3.8, 4) is 5.75 Å². The Hall–Kier alpha value is -2.40. The van der Waals surface area contributed by atoms with Gasteiger partial charge in [-0.05, 0) is 42.3 Å². The van der Waals surface area contributed by atoms with E-state index in [-0.39, 0.29) is 10.7 Å². The largest absolute Gasteiger partial charge is 0.544 e. The van der Waals surface area contributed by atoms with Gasteiger partial charge in [0.2, 0.25) is 0 Å². The van der Waals surface area contributed by atoms with Gasteiger partial charge >= 0.3 is 0 Å². The van der Waals surface area contributed by atoms with Crippen LogP contribution in [0.25, 0.3) is 6.08 Å². The molecule has 0 bridgehead atoms. The first-order chi connectivity index (χ1) is 10.6. The quantitative estimate of drug-likeness (QED) is 0.582. The summed E-state index contributed by atoms with van der Waals surface area (Å²) in [7, 11) is 0. The number of carboxylic acid groups (broad SMARTS) is 1. The van der Waals surface area contributed by atoms with E-state index in [0.29, 0.717) is 11.5 Å². The molecule has 0 saturated carbocycles. The normalized spacial score (nSPS) is 10.8. The molecule has 0 aliphatic carbocycles. The van der Waals surface area contributed by atoms with Crippen LogP contribution in [-0.4, -0.2) is 18.4 Å². The lowest BCUT2D eigenvalue weighted by molar-refractivity contribution is -0.254. The van der Waals surface area contributed by atoms with E-state index in [9.17, 15) is 14.7 Å². The monoisotopic (exact) mass is 315 g/mol. The zero-order valence-corrected chi connectivity index (χ0v) is 12.9. The van der Waals surface area contributed by atoms with Crippen LogP contribution in [0.2, 0.25) is 0 Å². The third kappa shape index (κ3) is 4.30. The number of thiophene rings is 1. The van der Waals surface area contributed by atoms with E-state index in [2.05, 4.69) is 0 Å². The second-order valence-electron chi connectivity index (χ2n) is 4.57. The summed E-state index contributed by atoms with van der Waals surface area (Å²) in [6.45, 7) is 2.71. The topological polar surface area (TPSA) is 66.4 Å². The minimum Gasteiger partial charge on any atom is -0.544 e. The molecule has 2 rings (SSSR count). The molecule has 0 fully saturated rings. The van der Waals surface area contributed by atoms with E-state index in [1.165, 1.54) is 18.2 Å². The third-order valence-corrected chi connectivity index (χ3v) is 3.91. The maximum absolute atomic E-state index is 11.9. The van der Waals surface area contributed by atoms with E-state index >= 15 is 0 Å². The number of allylic oxidation sites excluding steroid dienone is 1. The summed E-state index contributed by atoms with van der Waals surface area (Å²) in [6.07, 6.45) is 4.06. The Morgan fingerprint density at radius 3 is 2.41 bits per heavy atom. The van der Waals surface area contributed by atoms with Gasteiger partial charge in [-0.25, -0.2) is 0 Å². The van der Waals surface area contributed by atoms with E-state index in [0.717, 1.165) is 29.1 Å². The Labute approximate surface area is 132 Å². The van der Waals surface area contributed by atoms with Crippen molar-refractivity contribution in [2.45, 2.75) is 13.3 Å². The van der Waals surface area contributed by atoms with Gasteiger partial charge in [0.05, 0.1) is 22.3 Å². The van der Waals surface area contributed by atoms with Crippen LogP contribution in [0.15, 0.2) is 42.5 Å². The van der Waals surface area contributed by atoms with Crippen molar-refractivity contribution in [2.24, 2.45) is 0 Å². The minimum absolute atomic E-state index is 0.0502. The Bertz CT molecular complexity index is 683. The first-order valence-corrected chi connectivity index (χ1v) is 7.68.